The van der Waals surface area contributed by atoms with E-state index in [0.717, 1.165) is 6.07 Å². The van der Waals surface area contributed by atoms with Gasteiger partial charge in [0.25, 0.3) is 0 Å². The Morgan fingerprint density at radius 1 is 1.24 bits per heavy atom. The molecule has 2 atom stereocenters. The quantitative estimate of drug-likeness (QED) is 0.699. The summed E-state index contributed by atoms with van der Waals surface area (Å²) in [6, 6.07) is 1.92. The highest BCUT2D eigenvalue weighted by atomic mass is 19.4. The largest absolute Gasteiger partial charge is 0.444 e. The van der Waals surface area contributed by atoms with Crippen molar-refractivity contribution in [1.82, 2.24) is 5.32 Å². The molecule has 0 aliphatic carbocycles. The number of benzene rings is 1. The van der Waals surface area contributed by atoms with Gasteiger partial charge in [-0.2, -0.15) is 13.2 Å². The summed E-state index contributed by atoms with van der Waals surface area (Å²) < 4.78 is 56.0. The molecular formula is C16H21F4NO4. The highest BCUT2D eigenvalue weighted by Gasteiger charge is 2.34. The van der Waals surface area contributed by atoms with Crippen molar-refractivity contribution < 1.29 is 37.3 Å². The fourth-order valence-electron chi connectivity index (χ4n) is 1.96. The number of nitrogens with one attached hydrogen (secondary N) is 1. The standard InChI is InChI=1S/C16H21F4NO4/c1-15(2,3)25-14(24)21-7-6-12(22)13(23)9-4-5-10(11(17)8-9)16(18,19)20/h4-5,8,12-13,22-23H,6-7H2,1-3H3,(H,21,24). The molecule has 0 aliphatic rings. The molecule has 0 aromatic heterocycles. The minimum atomic E-state index is -4.84. The zero-order chi connectivity index (χ0) is 19.4. The summed E-state index contributed by atoms with van der Waals surface area (Å²) in [6.45, 7) is 4.97. The zero-order valence-electron chi connectivity index (χ0n) is 14.0. The van der Waals surface area contributed by atoms with Crippen LogP contribution in [0.1, 0.15) is 44.4 Å². The van der Waals surface area contributed by atoms with Crippen molar-refractivity contribution in [3.63, 3.8) is 0 Å². The van der Waals surface area contributed by atoms with Crippen molar-refractivity contribution in [3.05, 3.63) is 35.1 Å². The Morgan fingerprint density at radius 2 is 1.84 bits per heavy atom. The van der Waals surface area contributed by atoms with Crippen molar-refractivity contribution in [2.45, 2.75) is 51.2 Å². The molecule has 0 fully saturated rings. The van der Waals surface area contributed by atoms with Gasteiger partial charge in [0.1, 0.15) is 17.5 Å². The topological polar surface area (TPSA) is 78.8 Å². The minimum absolute atomic E-state index is 0.0454. The van der Waals surface area contributed by atoms with E-state index >= 15 is 0 Å². The SMILES string of the molecule is CC(C)(C)OC(=O)NCCC(O)C(O)c1ccc(C(F)(F)F)c(F)c1. The molecule has 9 heteroatoms. The third kappa shape index (κ3) is 6.87. The first kappa shape index (κ1) is 21.2. The van der Waals surface area contributed by atoms with E-state index < -0.39 is 41.5 Å². The fraction of sp³-hybridized carbons (Fsp3) is 0.562. The summed E-state index contributed by atoms with van der Waals surface area (Å²) in [5, 5.41) is 22.1. The van der Waals surface area contributed by atoms with Gasteiger partial charge in [0.15, 0.2) is 0 Å². The molecule has 1 aromatic rings. The molecule has 0 spiro atoms. The Balaban J connectivity index is 2.61. The van der Waals surface area contributed by atoms with E-state index in [1.165, 1.54) is 0 Å². The number of rotatable bonds is 5. The first-order valence-corrected chi connectivity index (χ1v) is 7.51. The molecule has 1 amide bonds. The summed E-state index contributed by atoms with van der Waals surface area (Å²) in [4.78, 5) is 11.4. The summed E-state index contributed by atoms with van der Waals surface area (Å²) in [6.07, 6.45) is -8.68. The van der Waals surface area contributed by atoms with Gasteiger partial charge >= 0.3 is 12.3 Å². The molecule has 0 radical (unpaired) electrons. The van der Waals surface area contributed by atoms with Crippen molar-refractivity contribution in [3.8, 4) is 0 Å². The van der Waals surface area contributed by atoms with Gasteiger partial charge in [0.2, 0.25) is 0 Å². The lowest BCUT2D eigenvalue weighted by Gasteiger charge is -2.21. The molecule has 5 nitrogen and oxygen atoms in total. The van der Waals surface area contributed by atoms with Gasteiger partial charge in [0.05, 0.1) is 11.7 Å². The van der Waals surface area contributed by atoms with Gasteiger partial charge in [0, 0.05) is 6.54 Å². The van der Waals surface area contributed by atoms with Crippen LogP contribution in [0.4, 0.5) is 22.4 Å². The van der Waals surface area contributed by atoms with Crippen LogP contribution >= 0.6 is 0 Å². The number of hydrogen-bond acceptors (Lipinski definition) is 4. The molecule has 3 N–H and O–H groups in total. The summed E-state index contributed by atoms with van der Waals surface area (Å²) >= 11 is 0. The maximum absolute atomic E-state index is 13.5. The Bertz CT molecular complexity index is 599. The van der Waals surface area contributed by atoms with Gasteiger partial charge in [-0.3, -0.25) is 0 Å². The first-order valence-electron chi connectivity index (χ1n) is 7.51. The lowest BCUT2D eigenvalue weighted by Crippen LogP contribution is -2.34. The summed E-state index contributed by atoms with van der Waals surface area (Å²) in [5.74, 6) is -1.54. The van der Waals surface area contributed by atoms with E-state index in [1.807, 2.05) is 0 Å². The van der Waals surface area contributed by atoms with Gasteiger partial charge in [-0.1, -0.05) is 6.07 Å². The van der Waals surface area contributed by atoms with Crippen LogP contribution in [0, 0.1) is 5.82 Å². The van der Waals surface area contributed by atoms with E-state index in [2.05, 4.69) is 5.32 Å². The number of hydrogen-bond donors (Lipinski definition) is 3. The van der Waals surface area contributed by atoms with E-state index in [1.54, 1.807) is 20.8 Å². The molecule has 0 aliphatic heterocycles. The number of halogens is 4. The minimum Gasteiger partial charge on any atom is -0.444 e. The molecule has 2 unspecified atom stereocenters. The summed E-state index contributed by atoms with van der Waals surface area (Å²) in [5.41, 5.74) is -2.35. The number of alkyl carbamates (subject to hydrolysis) is 1. The maximum Gasteiger partial charge on any atom is 0.419 e. The van der Waals surface area contributed by atoms with E-state index in [0.29, 0.717) is 12.1 Å². The highest BCUT2D eigenvalue weighted by Crippen LogP contribution is 2.33. The van der Waals surface area contributed by atoms with Crippen LogP contribution in [-0.4, -0.2) is 34.6 Å². The number of carbonyl (C=O) groups is 1. The van der Waals surface area contributed by atoms with Crippen molar-refractivity contribution >= 4 is 6.09 Å². The van der Waals surface area contributed by atoms with Gasteiger partial charge in [-0.05, 0) is 44.9 Å². The Morgan fingerprint density at radius 3 is 2.32 bits per heavy atom. The Labute approximate surface area is 142 Å². The van der Waals surface area contributed by atoms with Gasteiger partial charge < -0.3 is 20.3 Å². The number of carbonyl (C=O) groups excluding carboxylic acids is 1. The molecule has 0 saturated carbocycles. The lowest BCUT2D eigenvalue weighted by molar-refractivity contribution is -0.140. The number of aliphatic hydroxyl groups is 2. The van der Waals surface area contributed by atoms with Crippen molar-refractivity contribution in [2.24, 2.45) is 0 Å². The third-order valence-electron chi connectivity index (χ3n) is 3.11. The van der Waals surface area contributed by atoms with E-state index in [4.69, 9.17) is 4.74 Å². The average molecular weight is 367 g/mol. The zero-order valence-corrected chi connectivity index (χ0v) is 14.0. The molecule has 1 aromatic carbocycles. The molecule has 1 rings (SSSR count). The second kappa shape index (κ2) is 8.01. The maximum atomic E-state index is 13.5. The summed E-state index contributed by atoms with van der Waals surface area (Å²) in [7, 11) is 0. The Kier molecular flexibility index (Phi) is 6.78. The predicted molar refractivity (Wildman–Crippen MR) is 81.2 cm³/mol. The van der Waals surface area contributed by atoms with E-state index in [9.17, 15) is 32.6 Å². The van der Waals surface area contributed by atoms with Crippen LogP contribution in [0.25, 0.3) is 0 Å². The van der Waals surface area contributed by atoms with Crippen molar-refractivity contribution in [1.29, 1.82) is 0 Å². The van der Waals surface area contributed by atoms with Crippen LogP contribution in [-0.2, 0) is 10.9 Å². The van der Waals surface area contributed by atoms with Crippen LogP contribution in [0.15, 0.2) is 18.2 Å². The Hall–Kier alpha value is -1.87. The predicted octanol–water partition coefficient (Wildman–Crippen LogP) is 3.15. The second-order valence-corrected chi connectivity index (χ2v) is 6.47. The molecular weight excluding hydrogens is 346 g/mol. The van der Waals surface area contributed by atoms with Crippen molar-refractivity contribution in [2.75, 3.05) is 6.54 Å². The number of alkyl halides is 3. The monoisotopic (exact) mass is 367 g/mol. The fourth-order valence-corrected chi connectivity index (χ4v) is 1.96. The van der Waals surface area contributed by atoms with E-state index in [-0.39, 0.29) is 18.5 Å². The second-order valence-electron chi connectivity index (χ2n) is 6.47. The normalized spacial score (nSPS) is 14.8. The van der Waals surface area contributed by atoms with Crippen LogP contribution in [0.5, 0.6) is 0 Å². The number of aliphatic hydroxyl groups excluding tert-OH is 2. The smallest absolute Gasteiger partial charge is 0.419 e. The van der Waals surface area contributed by atoms with Gasteiger partial charge in [-0.25, -0.2) is 9.18 Å². The van der Waals surface area contributed by atoms with Crippen LogP contribution in [0.3, 0.4) is 0 Å². The van der Waals surface area contributed by atoms with Crippen LogP contribution < -0.4 is 5.32 Å². The molecule has 0 bridgehead atoms. The lowest BCUT2D eigenvalue weighted by atomic mass is 10.0. The van der Waals surface area contributed by atoms with Gasteiger partial charge in [-0.15, -0.1) is 0 Å². The third-order valence-corrected chi connectivity index (χ3v) is 3.11. The molecule has 25 heavy (non-hydrogen) atoms. The number of amides is 1. The molecule has 0 heterocycles. The van der Waals surface area contributed by atoms with Crippen LogP contribution in [0.2, 0.25) is 0 Å². The highest BCUT2D eigenvalue weighted by molar-refractivity contribution is 5.67. The number of ether oxygens (including phenoxy) is 1. The average Bonchev–Trinajstić information content (AvgIpc) is 2.42. The molecule has 0 saturated heterocycles. The first-order chi connectivity index (χ1) is 11.3. The molecule has 142 valence electrons.